The topological polar surface area (TPSA) is 70.8 Å². The first-order chi connectivity index (χ1) is 14.5. The molecule has 0 saturated heterocycles. The molecular weight excluding hydrogens is 378 g/mol. The van der Waals surface area contributed by atoms with E-state index < -0.39 is 12.0 Å². The highest BCUT2D eigenvalue weighted by molar-refractivity contribution is 5.75. The van der Waals surface area contributed by atoms with Crippen molar-refractivity contribution in [2.24, 2.45) is 5.73 Å². The van der Waals surface area contributed by atoms with Crippen LogP contribution in [-0.2, 0) is 22.6 Å². The lowest BCUT2D eigenvalue weighted by molar-refractivity contribution is -0.142. The molecule has 0 saturated carbocycles. The Morgan fingerprint density at radius 2 is 1.73 bits per heavy atom. The molecule has 0 spiro atoms. The molecule has 0 aliphatic carbocycles. The Balaban J connectivity index is 1.75. The third-order valence-electron chi connectivity index (χ3n) is 5.10. The molecule has 5 nitrogen and oxygen atoms in total. The van der Waals surface area contributed by atoms with Gasteiger partial charge in [-0.1, -0.05) is 54.6 Å². The van der Waals surface area contributed by atoms with Gasteiger partial charge < -0.3 is 19.9 Å². The molecule has 0 heterocycles. The second kappa shape index (κ2) is 9.94. The van der Waals surface area contributed by atoms with Crippen molar-refractivity contribution < 1.29 is 19.0 Å². The van der Waals surface area contributed by atoms with Crippen molar-refractivity contribution >= 4 is 5.97 Å². The molecule has 2 N–H and O–H groups in total. The van der Waals surface area contributed by atoms with Crippen molar-refractivity contribution in [2.45, 2.75) is 26.0 Å². The fraction of sp³-hybridized carbons (Fsp3) is 0.240. The first-order valence-electron chi connectivity index (χ1n) is 9.80. The van der Waals surface area contributed by atoms with Gasteiger partial charge in [-0.3, -0.25) is 4.79 Å². The maximum atomic E-state index is 11.6. The van der Waals surface area contributed by atoms with E-state index in [4.69, 9.17) is 15.2 Å². The van der Waals surface area contributed by atoms with E-state index in [1.807, 2.05) is 42.5 Å². The zero-order valence-corrected chi connectivity index (χ0v) is 17.6. The van der Waals surface area contributed by atoms with Gasteiger partial charge in [-0.2, -0.15) is 0 Å². The van der Waals surface area contributed by atoms with E-state index in [2.05, 4.69) is 35.9 Å². The van der Waals surface area contributed by atoms with Gasteiger partial charge in [0, 0.05) is 0 Å². The minimum atomic E-state index is -0.713. The molecule has 0 aromatic heterocycles. The van der Waals surface area contributed by atoms with Crippen molar-refractivity contribution in [3.05, 3.63) is 83.4 Å². The molecule has 3 rings (SSSR count). The van der Waals surface area contributed by atoms with Crippen molar-refractivity contribution in [1.82, 2.24) is 0 Å². The van der Waals surface area contributed by atoms with Gasteiger partial charge in [0.2, 0.25) is 0 Å². The summed E-state index contributed by atoms with van der Waals surface area (Å²) < 4.78 is 16.2. The predicted octanol–water partition coefficient (Wildman–Crippen LogP) is 4.29. The average Bonchev–Trinajstić information content (AvgIpc) is 2.78. The van der Waals surface area contributed by atoms with Crippen LogP contribution < -0.4 is 15.2 Å². The van der Waals surface area contributed by atoms with E-state index in [-0.39, 0.29) is 0 Å². The second-order valence-electron chi connectivity index (χ2n) is 7.06. The Bertz CT molecular complexity index is 1000. The van der Waals surface area contributed by atoms with E-state index in [9.17, 15) is 4.79 Å². The Kier molecular flexibility index (Phi) is 7.09. The Morgan fingerprint density at radius 3 is 2.43 bits per heavy atom. The first-order valence-corrected chi connectivity index (χ1v) is 9.80. The Labute approximate surface area is 177 Å². The zero-order valence-electron chi connectivity index (χ0n) is 17.6. The van der Waals surface area contributed by atoms with Gasteiger partial charge in [0.25, 0.3) is 0 Å². The second-order valence-corrected chi connectivity index (χ2v) is 7.06. The number of methoxy groups -OCH3 is 2. The molecule has 0 aliphatic rings. The zero-order chi connectivity index (χ0) is 21.5. The van der Waals surface area contributed by atoms with Gasteiger partial charge in [0.1, 0.15) is 12.6 Å². The van der Waals surface area contributed by atoms with Crippen LogP contribution in [0.25, 0.3) is 11.1 Å². The lowest BCUT2D eigenvalue weighted by Crippen LogP contribution is -2.33. The summed E-state index contributed by atoms with van der Waals surface area (Å²) in [6, 6.07) is 21.4. The van der Waals surface area contributed by atoms with Crippen LogP contribution in [0.4, 0.5) is 0 Å². The van der Waals surface area contributed by atoms with Gasteiger partial charge >= 0.3 is 5.97 Å². The molecule has 5 heteroatoms. The summed E-state index contributed by atoms with van der Waals surface area (Å²) in [5, 5.41) is 0. The van der Waals surface area contributed by atoms with Crippen molar-refractivity contribution in [3.8, 4) is 22.6 Å². The van der Waals surface area contributed by atoms with Gasteiger partial charge in [0.15, 0.2) is 11.5 Å². The maximum absolute atomic E-state index is 11.6. The number of hydrogen-bond acceptors (Lipinski definition) is 5. The molecule has 156 valence electrons. The lowest BCUT2D eigenvalue weighted by Gasteiger charge is -2.16. The number of carbonyl (C=O) groups excluding carboxylic acids is 1. The van der Waals surface area contributed by atoms with Crippen LogP contribution in [-0.4, -0.2) is 26.2 Å². The van der Waals surface area contributed by atoms with Crippen LogP contribution >= 0.6 is 0 Å². The normalized spacial score (nSPS) is 11.6. The number of hydrogen-bond donors (Lipinski definition) is 1. The minimum absolute atomic E-state index is 0.363. The van der Waals surface area contributed by atoms with Gasteiger partial charge in [0.05, 0.1) is 14.2 Å². The molecule has 0 aliphatic heterocycles. The van der Waals surface area contributed by atoms with Crippen LogP contribution in [0.2, 0.25) is 0 Å². The van der Waals surface area contributed by atoms with E-state index in [0.717, 1.165) is 11.1 Å². The summed E-state index contributed by atoms with van der Waals surface area (Å²) in [6.45, 7) is 2.53. The number of carbonyl (C=O) groups is 1. The molecular formula is C25H27NO4. The molecule has 0 radical (unpaired) electrons. The number of esters is 1. The lowest BCUT2D eigenvalue weighted by atomic mass is 9.97. The summed E-state index contributed by atoms with van der Waals surface area (Å²) in [6.07, 6.45) is 0.363. The third-order valence-corrected chi connectivity index (χ3v) is 5.10. The average molecular weight is 405 g/mol. The van der Waals surface area contributed by atoms with Crippen molar-refractivity contribution in [1.29, 1.82) is 0 Å². The highest BCUT2D eigenvalue weighted by Gasteiger charge is 2.16. The molecule has 0 unspecified atom stereocenters. The number of ether oxygens (including phenoxy) is 3. The largest absolute Gasteiger partial charge is 0.493 e. The van der Waals surface area contributed by atoms with Crippen molar-refractivity contribution in [2.75, 3.05) is 14.2 Å². The van der Waals surface area contributed by atoms with Gasteiger partial charge in [-0.15, -0.1) is 0 Å². The fourth-order valence-corrected chi connectivity index (χ4v) is 3.37. The molecule has 1 atom stereocenters. The standard InChI is InChI=1S/C25H27NO4/c1-17-20(10-7-11-21(17)19-8-5-4-6-9-19)16-30-23-13-12-18(15-24(23)28-2)14-22(26)25(27)29-3/h4-13,15,22H,14,16,26H2,1-3H3/t22-/m0/s1. The number of benzene rings is 3. The summed E-state index contributed by atoms with van der Waals surface area (Å²) in [5.74, 6) is 0.793. The molecule has 0 amide bonds. The highest BCUT2D eigenvalue weighted by atomic mass is 16.5. The quantitative estimate of drug-likeness (QED) is 0.566. The van der Waals surface area contributed by atoms with E-state index >= 15 is 0 Å². The fourth-order valence-electron chi connectivity index (χ4n) is 3.37. The smallest absolute Gasteiger partial charge is 0.322 e. The summed E-state index contributed by atoms with van der Waals surface area (Å²) >= 11 is 0. The van der Waals surface area contributed by atoms with E-state index in [0.29, 0.717) is 24.5 Å². The first kappa shape index (κ1) is 21.4. The van der Waals surface area contributed by atoms with E-state index in [1.165, 1.54) is 23.8 Å². The van der Waals surface area contributed by atoms with Crippen LogP contribution in [0.15, 0.2) is 66.7 Å². The predicted molar refractivity (Wildman–Crippen MR) is 118 cm³/mol. The van der Waals surface area contributed by atoms with Crippen LogP contribution in [0.5, 0.6) is 11.5 Å². The van der Waals surface area contributed by atoms with Gasteiger partial charge in [-0.05, 0) is 53.3 Å². The summed E-state index contributed by atoms with van der Waals surface area (Å²) in [4.78, 5) is 11.6. The Morgan fingerprint density at radius 1 is 0.967 bits per heavy atom. The third kappa shape index (κ3) is 4.99. The number of nitrogens with two attached hydrogens (primary N) is 1. The van der Waals surface area contributed by atoms with Gasteiger partial charge in [-0.25, -0.2) is 0 Å². The monoisotopic (exact) mass is 405 g/mol. The van der Waals surface area contributed by atoms with Crippen LogP contribution in [0, 0.1) is 6.92 Å². The van der Waals surface area contributed by atoms with Crippen molar-refractivity contribution in [3.63, 3.8) is 0 Å². The number of rotatable bonds is 8. The molecule has 3 aromatic carbocycles. The molecule has 0 bridgehead atoms. The molecule has 0 fully saturated rings. The molecule has 30 heavy (non-hydrogen) atoms. The van der Waals surface area contributed by atoms with E-state index in [1.54, 1.807) is 7.11 Å². The SMILES string of the molecule is COC(=O)[C@@H](N)Cc1ccc(OCc2cccc(-c3ccccc3)c2C)c(OC)c1. The highest BCUT2D eigenvalue weighted by Crippen LogP contribution is 2.31. The maximum Gasteiger partial charge on any atom is 0.322 e. The molecule has 3 aromatic rings. The van der Waals surface area contributed by atoms with Crippen LogP contribution in [0.1, 0.15) is 16.7 Å². The Hall–Kier alpha value is -3.31. The van der Waals surface area contributed by atoms with Crippen LogP contribution in [0.3, 0.4) is 0 Å². The summed E-state index contributed by atoms with van der Waals surface area (Å²) in [7, 11) is 2.92. The minimum Gasteiger partial charge on any atom is -0.493 e. The summed E-state index contributed by atoms with van der Waals surface area (Å²) in [5.41, 5.74) is 11.4.